The lowest BCUT2D eigenvalue weighted by Crippen LogP contribution is -2.43. The SMILES string of the molecule is N#Cc1ccc(N2CCC[C@H](N)C2)c(F)c1. The van der Waals surface area contributed by atoms with E-state index >= 15 is 0 Å². The molecule has 3 nitrogen and oxygen atoms in total. The quantitative estimate of drug-likeness (QED) is 0.781. The summed E-state index contributed by atoms with van der Waals surface area (Å²) in [6.07, 6.45) is 1.98. The van der Waals surface area contributed by atoms with Crippen LogP contribution >= 0.6 is 0 Å². The van der Waals surface area contributed by atoms with Crippen molar-refractivity contribution in [1.82, 2.24) is 0 Å². The van der Waals surface area contributed by atoms with E-state index in [4.69, 9.17) is 11.0 Å². The van der Waals surface area contributed by atoms with Crippen LogP contribution in [0, 0.1) is 17.1 Å². The van der Waals surface area contributed by atoms with Gasteiger partial charge in [0, 0.05) is 19.1 Å². The Morgan fingerprint density at radius 1 is 1.50 bits per heavy atom. The van der Waals surface area contributed by atoms with Crippen molar-refractivity contribution in [3.63, 3.8) is 0 Å². The van der Waals surface area contributed by atoms with Crippen molar-refractivity contribution in [1.29, 1.82) is 5.26 Å². The smallest absolute Gasteiger partial charge is 0.147 e. The Kier molecular flexibility index (Phi) is 3.07. The highest BCUT2D eigenvalue weighted by Crippen LogP contribution is 2.23. The molecule has 0 bridgehead atoms. The number of rotatable bonds is 1. The van der Waals surface area contributed by atoms with Gasteiger partial charge in [-0.25, -0.2) is 4.39 Å². The summed E-state index contributed by atoms with van der Waals surface area (Å²) in [6.45, 7) is 1.51. The number of nitrogens with zero attached hydrogens (tertiary/aromatic N) is 2. The average molecular weight is 219 g/mol. The highest BCUT2D eigenvalue weighted by Gasteiger charge is 2.19. The van der Waals surface area contributed by atoms with Gasteiger partial charge in [-0.3, -0.25) is 0 Å². The van der Waals surface area contributed by atoms with Crippen LogP contribution in [0.1, 0.15) is 18.4 Å². The largest absolute Gasteiger partial charge is 0.368 e. The van der Waals surface area contributed by atoms with E-state index in [0.29, 0.717) is 17.8 Å². The van der Waals surface area contributed by atoms with Crippen LogP contribution in [0.3, 0.4) is 0 Å². The summed E-state index contributed by atoms with van der Waals surface area (Å²) in [7, 11) is 0. The fourth-order valence-electron chi connectivity index (χ4n) is 2.06. The van der Waals surface area contributed by atoms with E-state index in [1.165, 1.54) is 6.07 Å². The molecule has 16 heavy (non-hydrogen) atoms. The lowest BCUT2D eigenvalue weighted by Gasteiger charge is -2.32. The van der Waals surface area contributed by atoms with Crippen LogP contribution in [0.15, 0.2) is 18.2 Å². The first-order valence-corrected chi connectivity index (χ1v) is 5.41. The maximum atomic E-state index is 13.7. The Balaban J connectivity index is 2.23. The summed E-state index contributed by atoms with van der Waals surface area (Å²) < 4.78 is 13.7. The van der Waals surface area contributed by atoms with Gasteiger partial charge in [-0.2, -0.15) is 5.26 Å². The summed E-state index contributed by atoms with van der Waals surface area (Å²) in [5, 5.41) is 8.66. The zero-order chi connectivity index (χ0) is 11.5. The highest BCUT2D eigenvalue weighted by atomic mass is 19.1. The van der Waals surface area contributed by atoms with Gasteiger partial charge in [0.05, 0.1) is 17.3 Å². The Hall–Kier alpha value is -1.60. The van der Waals surface area contributed by atoms with Crippen LogP contribution in [0.4, 0.5) is 10.1 Å². The Morgan fingerprint density at radius 3 is 2.94 bits per heavy atom. The van der Waals surface area contributed by atoms with Crippen LogP contribution in [0.2, 0.25) is 0 Å². The van der Waals surface area contributed by atoms with E-state index in [0.717, 1.165) is 19.4 Å². The molecule has 1 aromatic carbocycles. The van der Waals surface area contributed by atoms with Gasteiger partial charge in [0.15, 0.2) is 0 Å². The normalized spacial score (nSPS) is 20.6. The number of nitriles is 1. The molecule has 1 saturated heterocycles. The number of hydrogen-bond acceptors (Lipinski definition) is 3. The number of piperidine rings is 1. The van der Waals surface area contributed by atoms with Crippen molar-refractivity contribution in [3.8, 4) is 6.07 Å². The number of anilines is 1. The summed E-state index contributed by atoms with van der Waals surface area (Å²) in [5.74, 6) is -0.340. The molecule has 1 aliphatic heterocycles. The van der Waals surface area contributed by atoms with E-state index in [1.807, 2.05) is 11.0 Å². The van der Waals surface area contributed by atoms with Gasteiger partial charge in [-0.05, 0) is 31.0 Å². The predicted molar refractivity (Wildman–Crippen MR) is 60.5 cm³/mol. The van der Waals surface area contributed by atoms with Gasteiger partial charge < -0.3 is 10.6 Å². The van der Waals surface area contributed by atoms with Crippen molar-refractivity contribution in [2.45, 2.75) is 18.9 Å². The predicted octanol–water partition coefficient (Wildman–Crippen LogP) is 1.62. The van der Waals surface area contributed by atoms with E-state index in [1.54, 1.807) is 12.1 Å². The maximum Gasteiger partial charge on any atom is 0.147 e. The first-order valence-electron chi connectivity index (χ1n) is 5.41. The van der Waals surface area contributed by atoms with E-state index in [9.17, 15) is 4.39 Å². The third-order valence-corrected chi connectivity index (χ3v) is 2.88. The van der Waals surface area contributed by atoms with Crippen molar-refractivity contribution >= 4 is 5.69 Å². The zero-order valence-electron chi connectivity index (χ0n) is 8.99. The van der Waals surface area contributed by atoms with Crippen LogP contribution in [0.5, 0.6) is 0 Å². The Bertz CT molecular complexity index is 425. The molecule has 1 aromatic rings. The monoisotopic (exact) mass is 219 g/mol. The molecule has 0 radical (unpaired) electrons. The molecule has 1 fully saturated rings. The molecule has 0 unspecified atom stereocenters. The average Bonchev–Trinajstić information content (AvgIpc) is 2.28. The zero-order valence-corrected chi connectivity index (χ0v) is 8.99. The fraction of sp³-hybridized carbons (Fsp3) is 0.417. The second-order valence-corrected chi connectivity index (χ2v) is 4.13. The van der Waals surface area contributed by atoms with Gasteiger partial charge in [-0.15, -0.1) is 0 Å². The lowest BCUT2D eigenvalue weighted by molar-refractivity contribution is 0.498. The van der Waals surface area contributed by atoms with Crippen molar-refractivity contribution in [2.24, 2.45) is 5.73 Å². The second-order valence-electron chi connectivity index (χ2n) is 4.13. The summed E-state index contributed by atoms with van der Waals surface area (Å²) in [4.78, 5) is 1.95. The molecule has 4 heteroatoms. The standard InChI is InChI=1S/C12H14FN3/c13-11-6-9(7-14)3-4-12(11)16-5-1-2-10(15)8-16/h3-4,6,10H,1-2,5,8,15H2/t10-/m0/s1. The molecular weight excluding hydrogens is 205 g/mol. The van der Waals surface area contributed by atoms with E-state index in [-0.39, 0.29) is 11.9 Å². The molecule has 1 aliphatic rings. The summed E-state index contributed by atoms with van der Waals surface area (Å²) in [5.41, 5.74) is 6.75. The van der Waals surface area contributed by atoms with Crippen LogP contribution < -0.4 is 10.6 Å². The minimum Gasteiger partial charge on any atom is -0.368 e. The van der Waals surface area contributed by atoms with Crippen molar-refractivity contribution < 1.29 is 4.39 Å². The van der Waals surface area contributed by atoms with E-state index in [2.05, 4.69) is 0 Å². The maximum absolute atomic E-state index is 13.7. The topological polar surface area (TPSA) is 53.0 Å². The Labute approximate surface area is 94.3 Å². The van der Waals surface area contributed by atoms with Crippen LogP contribution in [-0.4, -0.2) is 19.1 Å². The van der Waals surface area contributed by atoms with Crippen LogP contribution in [0.25, 0.3) is 0 Å². The second kappa shape index (κ2) is 4.50. The first kappa shape index (κ1) is 10.9. The van der Waals surface area contributed by atoms with Gasteiger partial charge in [0.2, 0.25) is 0 Å². The van der Waals surface area contributed by atoms with Crippen LogP contribution in [-0.2, 0) is 0 Å². The number of hydrogen-bond donors (Lipinski definition) is 1. The van der Waals surface area contributed by atoms with Gasteiger partial charge in [0.25, 0.3) is 0 Å². The first-order chi connectivity index (χ1) is 7.70. The number of nitrogens with two attached hydrogens (primary N) is 1. The minimum atomic E-state index is -0.340. The molecule has 0 aromatic heterocycles. The lowest BCUT2D eigenvalue weighted by atomic mass is 10.1. The molecule has 0 amide bonds. The number of benzene rings is 1. The van der Waals surface area contributed by atoms with Gasteiger partial charge in [0.1, 0.15) is 5.82 Å². The molecule has 2 rings (SSSR count). The molecule has 0 aliphatic carbocycles. The van der Waals surface area contributed by atoms with Gasteiger partial charge >= 0.3 is 0 Å². The Morgan fingerprint density at radius 2 is 2.31 bits per heavy atom. The molecule has 0 saturated carbocycles. The minimum absolute atomic E-state index is 0.115. The molecule has 2 N–H and O–H groups in total. The third-order valence-electron chi connectivity index (χ3n) is 2.88. The molecule has 1 heterocycles. The highest BCUT2D eigenvalue weighted by molar-refractivity contribution is 5.51. The summed E-state index contributed by atoms with van der Waals surface area (Å²) in [6, 6.07) is 6.61. The molecular formula is C12H14FN3. The van der Waals surface area contributed by atoms with Gasteiger partial charge in [-0.1, -0.05) is 0 Å². The molecule has 1 atom stereocenters. The number of halogens is 1. The fourth-order valence-corrected chi connectivity index (χ4v) is 2.06. The third kappa shape index (κ3) is 2.15. The summed E-state index contributed by atoms with van der Waals surface area (Å²) >= 11 is 0. The molecule has 0 spiro atoms. The molecule has 84 valence electrons. The van der Waals surface area contributed by atoms with E-state index < -0.39 is 0 Å². The van der Waals surface area contributed by atoms with Crippen molar-refractivity contribution in [2.75, 3.05) is 18.0 Å². The van der Waals surface area contributed by atoms with Crippen molar-refractivity contribution in [3.05, 3.63) is 29.6 Å².